The van der Waals surface area contributed by atoms with Crippen LogP contribution >= 0.6 is 0 Å². The summed E-state index contributed by atoms with van der Waals surface area (Å²) in [5.74, 6) is 3.57. The average molecular weight is 468 g/mol. The predicted octanol–water partition coefficient (Wildman–Crippen LogP) is 4.66. The Morgan fingerprint density at radius 1 is 1.00 bits per heavy atom. The number of hydrogen-bond acceptors (Lipinski definition) is 4. The van der Waals surface area contributed by atoms with Crippen LogP contribution in [-0.4, -0.2) is 34.7 Å². The number of fused-ring (bicyclic) bond motifs is 1. The quantitative estimate of drug-likeness (QED) is 0.269. The summed E-state index contributed by atoms with van der Waals surface area (Å²) < 4.78 is 7.56. The Kier molecular flexibility index (Phi) is 6.82. The molecule has 7 nitrogen and oxygen atoms in total. The molecule has 3 N–H and O–H groups in total. The molecule has 6 rings (SSSR count). The molecule has 0 spiro atoms. The van der Waals surface area contributed by atoms with Gasteiger partial charge in [0.2, 0.25) is 5.91 Å². The summed E-state index contributed by atoms with van der Waals surface area (Å²) in [5, 5.41) is 13.1. The first-order chi connectivity index (χ1) is 16.6. The van der Waals surface area contributed by atoms with Gasteiger partial charge in [-0.2, -0.15) is 0 Å². The van der Waals surface area contributed by atoms with Gasteiger partial charge in [0.25, 0.3) is 5.91 Å². The molecule has 2 aromatic rings. The predicted molar refractivity (Wildman–Crippen MR) is 130 cm³/mol. The van der Waals surface area contributed by atoms with Crippen molar-refractivity contribution in [1.29, 1.82) is 0 Å². The number of rotatable bonds is 10. The van der Waals surface area contributed by atoms with Gasteiger partial charge in [0, 0.05) is 29.9 Å². The summed E-state index contributed by atoms with van der Waals surface area (Å²) in [7, 11) is 1.66. The van der Waals surface area contributed by atoms with E-state index in [9.17, 15) is 9.59 Å². The number of carbonyl (C=O) groups is 2. The number of aromatic nitrogens is 1. The van der Waals surface area contributed by atoms with Crippen molar-refractivity contribution >= 4 is 22.7 Å². The monoisotopic (exact) mass is 467 g/mol. The molecule has 0 unspecified atom stereocenters. The molecule has 0 atom stereocenters. The van der Waals surface area contributed by atoms with E-state index in [1.54, 1.807) is 12.6 Å². The lowest BCUT2D eigenvalue weighted by Crippen LogP contribution is -2.56. The number of carbonyl (C=O) groups excluding carboxylic acids is 2. The zero-order valence-electron chi connectivity index (χ0n) is 20.1. The second kappa shape index (κ2) is 9.98. The van der Waals surface area contributed by atoms with Gasteiger partial charge in [-0.25, -0.2) is 5.48 Å². The van der Waals surface area contributed by atoms with Crippen LogP contribution in [0.15, 0.2) is 24.3 Å². The number of amides is 2. The van der Waals surface area contributed by atoms with Gasteiger partial charge in [-0.3, -0.25) is 14.8 Å². The van der Waals surface area contributed by atoms with Crippen molar-refractivity contribution in [2.24, 2.45) is 23.7 Å². The Hall–Kier alpha value is -2.54. The standard InChI is InChI=1S/C27H37N3O4/c1-34-22-7-8-23-19(15-22)16-24(30(23)9-5-3-2-4-6-25(31)29-33)27(32)28-26-20-11-17-10-18(13-20)14-21(26)12-17/h7-8,15-18,20-21,26,33H,2-6,9-14H2,1H3,(H,28,32)(H,29,31). The third-order valence-electron chi connectivity index (χ3n) is 8.53. The lowest BCUT2D eigenvalue weighted by atomic mass is 9.54. The lowest BCUT2D eigenvalue weighted by molar-refractivity contribution is -0.129. The third kappa shape index (κ3) is 4.67. The van der Waals surface area contributed by atoms with E-state index >= 15 is 0 Å². The number of ether oxygens (including phenoxy) is 1. The number of methoxy groups -OCH3 is 1. The van der Waals surface area contributed by atoms with E-state index in [4.69, 9.17) is 9.94 Å². The maximum absolute atomic E-state index is 13.6. The van der Waals surface area contributed by atoms with Gasteiger partial charge in [0.1, 0.15) is 11.4 Å². The number of unbranched alkanes of at least 4 members (excludes halogenated alkanes) is 3. The average Bonchev–Trinajstić information content (AvgIpc) is 3.20. The maximum Gasteiger partial charge on any atom is 0.268 e. The van der Waals surface area contributed by atoms with Gasteiger partial charge >= 0.3 is 0 Å². The van der Waals surface area contributed by atoms with Gasteiger partial charge in [-0.15, -0.1) is 0 Å². The van der Waals surface area contributed by atoms with Crippen LogP contribution in [-0.2, 0) is 11.3 Å². The molecular formula is C27H37N3O4. The summed E-state index contributed by atoms with van der Waals surface area (Å²) in [4.78, 5) is 24.8. The first kappa shape index (κ1) is 23.2. The van der Waals surface area contributed by atoms with E-state index in [1.165, 1.54) is 32.1 Å². The van der Waals surface area contributed by atoms with Crippen LogP contribution in [0.25, 0.3) is 10.9 Å². The van der Waals surface area contributed by atoms with Crippen molar-refractivity contribution in [3.8, 4) is 5.75 Å². The minimum absolute atomic E-state index is 0.0484. The number of aryl methyl sites for hydroxylation is 1. The summed E-state index contributed by atoms with van der Waals surface area (Å²) in [6.07, 6.45) is 10.4. The Morgan fingerprint density at radius 3 is 2.38 bits per heavy atom. The molecule has 1 heterocycles. The van der Waals surface area contributed by atoms with Crippen LogP contribution < -0.4 is 15.5 Å². The number of hydrogen-bond donors (Lipinski definition) is 3. The fourth-order valence-corrected chi connectivity index (χ4v) is 7.16. The number of nitrogens with one attached hydrogen (secondary N) is 2. The fourth-order valence-electron chi connectivity index (χ4n) is 7.16. The zero-order valence-corrected chi connectivity index (χ0v) is 20.1. The molecule has 1 aromatic carbocycles. The largest absolute Gasteiger partial charge is 0.497 e. The van der Waals surface area contributed by atoms with Gasteiger partial charge < -0.3 is 14.6 Å². The Morgan fingerprint density at radius 2 is 1.71 bits per heavy atom. The van der Waals surface area contributed by atoms with E-state index in [2.05, 4.69) is 9.88 Å². The van der Waals surface area contributed by atoms with Crippen LogP contribution in [0, 0.1) is 23.7 Å². The molecule has 1 aromatic heterocycles. The van der Waals surface area contributed by atoms with E-state index in [0.29, 0.717) is 24.3 Å². The molecule has 4 saturated carbocycles. The molecule has 4 fully saturated rings. The van der Waals surface area contributed by atoms with Crippen LogP contribution in [0.1, 0.15) is 74.7 Å². The molecule has 34 heavy (non-hydrogen) atoms. The lowest BCUT2D eigenvalue weighted by Gasteiger charge is -2.54. The smallest absolute Gasteiger partial charge is 0.268 e. The van der Waals surface area contributed by atoms with Crippen molar-refractivity contribution in [2.75, 3.05) is 7.11 Å². The SMILES string of the molecule is COc1ccc2c(c1)cc(C(=O)NC1C3CC4CC(C3)CC1C4)n2CCCCCCC(=O)NO. The van der Waals surface area contributed by atoms with Crippen LogP contribution in [0.5, 0.6) is 5.75 Å². The highest BCUT2D eigenvalue weighted by Gasteiger charge is 2.48. The van der Waals surface area contributed by atoms with Gasteiger partial charge in [0.05, 0.1) is 7.11 Å². The normalized spacial score (nSPS) is 27.2. The highest BCUT2D eigenvalue weighted by Crippen LogP contribution is 2.53. The zero-order chi connectivity index (χ0) is 23.7. The van der Waals surface area contributed by atoms with E-state index in [1.807, 2.05) is 24.3 Å². The van der Waals surface area contributed by atoms with E-state index in [-0.39, 0.29) is 11.8 Å². The van der Waals surface area contributed by atoms with Gasteiger partial charge in [-0.05, 0) is 92.9 Å². The summed E-state index contributed by atoms with van der Waals surface area (Å²) in [6.45, 7) is 0.756. The number of nitrogens with zero attached hydrogens (tertiary/aromatic N) is 1. The minimum Gasteiger partial charge on any atom is -0.497 e. The van der Waals surface area contributed by atoms with Crippen LogP contribution in [0.2, 0.25) is 0 Å². The third-order valence-corrected chi connectivity index (χ3v) is 8.53. The molecule has 4 aliphatic rings. The molecule has 7 heteroatoms. The second-order valence-corrected chi connectivity index (χ2v) is 10.7. The molecule has 184 valence electrons. The van der Waals surface area contributed by atoms with Crippen LogP contribution in [0.4, 0.5) is 0 Å². The summed E-state index contributed by atoms with van der Waals surface area (Å²) >= 11 is 0. The Bertz CT molecular complexity index is 1020. The second-order valence-electron chi connectivity index (χ2n) is 10.7. The first-order valence-electron chi connectivity index (χ1n) is 13.0. The highest BCUT2D eigenvalue weighted by atomic mass is 16.5. The molecule has 4 aliphatic carbocycles. The Labute approximate surface area is 201 Å². The van der Waals surface area contributed by atoms with E-state index < -0.39 is 0 Å². The number of benzene rings is 1. The van der Waals surface area contributed by atoms with Crippen molar-refractivity contribution < 1.29 is 19.5 Å². The van der Waals surface area contributed by atoms with Gasteiger partial charge in [0.15, 0.2) is 0 Å². The summed E-state index contributed by atoms with van der Waals surface area (Å²) in [6, 6.07) is 8.32. The number of hydroxylamine groups is 1. The van der Waals surface area contributed by atoms with Gasteiger partial charge in [-0.1, -0.05) is 12.8 Å². The first-order valence-corrected chi connectivity index (χ1v) is 13.0. The minimum atomic E-state index is -0.339. The molecule has 2 amide bonds. The van der Waals surface area contributed by atoms with Crippen LogP contribution in [0.3, 0.4) is 0 Å². The topological polar surface area (TPSA) is 92.6 Å². The molecule has 0 saturated heterocycles. The molecule has 4 bridgehead atoms. The Balaban J connectivity index is 1.29. The molecular weight excluding hydrogens is 430 g/mol. The van der Waals surface area contributed by atoms with E-state index in [0.717, 1.165) is 66.4 Å². The highest BCUT2D eigenvalue weighted by molar-refractivity contribution is 5.99. The van der Waals surface area contributed by atoms with Crippen molar-refractivity contribution in [2.45, 2.75) is 76.8 Å². The van der Waals surface area contributed by atoms with Crippen molar-refractivity contribution in [3.63, 3.8) is 0 Å². The molecule has 0 radical (unpaired) electrons. The fraction of sp³-hybridized carbons (Fsp3) is 0.630. The van der Waals surface area contributed by atoms with Crippen molar-refractivity contribution in [1.82, 2.24) is 15.4 Å². The maximum atomic E-state index is 13.6. The van der Waals surface area contributed by atoms with Crippen molar-refractivity contribution in [3.05, 3.63) is 30.0 Å². The summed E-state index contributed by atoms with van der Waals surface area (Å²) in [5.41, 5.74) is 3.47. The molecule has 0 aliphatic heterocycles.